The van der Waals surface area contributed by atoms with Crippen molar-refractivity contribution in [3.8, 4) is 0 Å². The van der Waals surface area contributed by atoms with Crippen molar-refractivity contribution >= 4 is 11.9 Å². The number of nitrogens with one attached hydrogen (secondary N) is 1. The highest BCUT2D eigenvalue weighted by atomic mass is 16.5. The fourth-order valence-corrected chi connectivity index (χ4v) is 2.95. The first kappa shape index (κ1) is 20.4. The lowest BCUT2D eigenvalue weighted by molar-refractivity contribution is -0.122. The topological polar surface area (TPSA) is 84.2 Å². The fourth-order valence-electron chi connectivity index (χ4n) is 2.95. The summed E-state index contributed by atoms with van der Waals surface area (Å²) in [4.78, 5) is 27.9. The van der Waals surface area contributed by atoms with E-state index in [0.29, 0.717) is 26.2 Å². The maximum Gasteiger partial charge on any atom is 0.374 e. The number of methoxy groups -OCH3 is 2. The normalized spacial score (nSPS) is 15.8. The fraction of sp³-hybridized carbons (Fsp3) is 0.667. The Bertz CT molecular complexity index is 594. The summed E-state index contributed by atoms with van der Waals surface area (Å²) in [5.41, 5.74) is 0.788. The largest absolute Gasteiger partial charge is 0.463 e. The molecule has 8 nitrogen and oxygen atoms in total. The van der Waals surface area contributed by atoms with Crippen LogP contribution in [0.2, 0.25) is 0 Å². The van der Waals surface area contributed by atoms with Crippen molar-refractivity contribution in [1.82, 2.24) is 15.1 Å². The molecule has 2 rings (SSSR count). The standard InChI is InChI=1S/C18H29N3O5/c1-14-11-15(26-17(14)18(23)25-3)12-20-6-8-21(9-7-20)13-16(22)19-5-4-10-24-2/h11H,4-10,12-13H2,1-3H3,(H,19,22). The Morgan fingerprint density at radius 1 is 1.19 bits per heavy atom. The second kappa shape index (κ2) is 10.3. The maximum atomic E-state index is 11.9. The highest BCUT2D eigenvalue weighted by Crippen LogP contribution is 2.18. The van der Waals surface area contributed by atoms with Gasteiger partial charge in [0, 0.05) is 52.0 Å². The summed E-state index contributed by atoms with van der Waals surface area (Å²) in [6, 6.07) is 1.88. The van der Waals surface area contributed by atoms with E-state index in [1.165, 1.54) is 7.11 Å². The van der Waals surface area contributed by atoms with E-state index in [2.05, 4.69) is 15.1 Å². The maximum absolute atomic E-state index is 11.9. The zero-order valence-corrected chi connectivity index (χ0v) is 15.9. The first-order valence-electron chi connectivity index (χ1n) is 8.91. The molecule has 1 aliphatic rings. The Balaban J connectivity index is 1.71. The van der Waals surface area contributed by atoms with Gasteiger partial charge in [0.15, 0.2) is 0 Å². The summed E-state index contributed by atoms with van der Waals surface area (Å²) >= 11 is 0. The molecule has 0 unspecified atom stereocenters. The Labute approximate surface area is 154 Å². The summed E-state index contributed by atoms with van der Waals surface area (Å²) in [7, 11) is 3.00. The first-order chi connectivity index (χ1) is 12.5. The van der Waals surface area contributed by atoms with Crippen LogP contribution in [-0.2, 0) is 20.8 Å². The van der Waals surface area contributed by atoms with Crippen LogP contribution in [0.25, 0.3) is 0 Å². The number of hydrogen-bond acceptors (Lipinski definition) is 7. The van der Waals surface area contributed by atoms with E-state index >= 15 is 0 Å². The minimum absolute atomic E-state index is 0.0546. The molecule has 146 valence electrons. The zero-order chi connectivity index (χ0) is 18.9. The number of carbonyl (C=O) groups excluding carboxylic acids is 2. The molecule has 0 radical (unpaired) electrons. The van der Waals surface area contributed by atoms with Crippen LogP contribution < -0.4 is 5.32 Å². The van der Waals surface area contributed by atoms with E-state index in [1.807, 2.05) is 13.0 Å². The Morgan fingerprint density at radius 2 is 1.88 bits per heavy atom. The molecule has 0 atom stereocenters. The molecule has 26 heavy (non-hydrogen) atoms. The highest BCUT2D eigenvalue weighted by Gasteiger charge is 2.21. The molecular weight excluding hydrogens is 338 g/mol. The molecule has 0 aliphatic carbocycles. The van der Waals surface area contributed by atoms with Gasteiger partial charge in [-0.1, -0.05) is 0 Å². The molecule has 2 heterocycles. The number of carbonyl (C=O) groups is 2. The third-order valence-corrected chi connectivity index (χ3v) is 4.40. The van der Waals surface area contributed by atoms with Crippen LogP contribution in [0.5, 0.6) is 0 Å². The van der Waals surface area contributed by atoms with Crippen molar-refractivity contribution in [2.45, 2.75) is 19.9 Å². The minimum Gasteiger partial charge on any atom is -0.463 e. The number of amides is 1. The summed E-state index contributed by atoms with van der Waals surface area (Å²) in [5.74, 6) is 0.632. The minimum atomic E-state index is -0.449. The van der Waals surface area contributed by atoms with Gasteiger partial charge >= 0.3 is 5.97 Å². The van der Waals surface area contributed by atoms with Gasteiger partial charge in [-0.05, 0) is 19.4 Å². The SMILES string of the molecule is COCCCNC(=O)CN1CCN(Cc2cc(C)c(C(=O)OC)o2)CC1. The molecule has 0 saturated carbocycles. The first-order valence-corrected chi connectivity index (χ1v) is 8.91. The van der Waals surface area contributed by atoms with E-state index in [0.717, 1.165) is 43.9 Å². The molecule has 8 heteroatoms. The average Bonchev–Trinajstić information content (AvgIpc) is 3.00. The number of hydrogen-bond donors (Lipinski definition) is 1. The number of nitrogens with zero attached hydrogens (tertiary/aromatic N) is 2. The van der Waals surface area contributed by atoms with Gasteiger partial charge in [0.1, 0.15) is 5.76 Å². The molecular formula is C18H29N3O5. The molecule has 0 aromatic carbocycles. The molecule has 1 aliphatic heterocycles. The monoisotopic (exact) mass is 367 g/mol. The molecule has 1 amide bonds. The van der Waals surface area contributed by atoms with Crippen LogP contribution in [0.3, 0.4) is 0 Å². The van der Waals surface area contributed by atoms with Crippen molar-refractivity contribution < 1.29 is 23.5 Å². The molecule has 1 saturated heterocycles. The molecule has 1 N–H and O–H groups in total. The second-order valence-corrected chi connectivity index (χ2v) is 6.47. The number of ether oxygens (including phenoxy) is 2. The number of rotatable bonds is 9. The van der Waals surface area contributed by atoms with Gasteiger partial charge in [0.25, 0.3) is 0 Å². The number of furan rings is 1. The smallest absolute Gasteiger partial charge is 0.374 e. The Morgan fingerprint density at radius 3 is 2.54 bits per heavy atom. The summed E-state index contributed by atoms with van der Waals surface area (Å²) in [6.45, 7) is 7.57. The predicted octanol–water partition coefficient (Wildman–Crippen LogP) is 0.645. The van der Waals surface area contributed by atoms with Crippen molar-refractivity contribution in [3.05, 3.63) is 23.2 Å². The van der Waals surface area contributed by atoms with Crippen LogP contribution in [-0.4, -0.2) is 81.8 Å². The van der Waals surface area contributed by atoms with Gasteiger partial charge in [-0.15, -0.1) is 0 Å². The quantitative estimate of drug-likeness (QED) is 0.507. The zero-order valence-electron chi connectivity index (χ0n) is 15.9. The summed E-state index contributed by atoms with van der Waals surface area (Å²) in [5, 5.41) is 2.91. The van der Waals surface area contributed by atoms with Crippen molar-refractivity contribution in [3.63, 3.8) is 0 Å². The Kier molecular flexibility index (Phi) is 8.08. The van der Waals surface area contributed by atoms with Gasteiger partial charge in [0.2, 0.25) is 11.7 Å². The molecule has 0 spiro atoms. The third-order valence-electron chi connectivity index (χ3n) is 4.40. The molecule has 1 aromatic heterocycles. The van der Waals surface area contributed by atoms with Gasteiger partial charge in [-0.3, -0.25) is 14.6 Å². The number of aryl methyl sites for hydroxylation is 1. The van der Waals surface area contributed by atoms with Gasteiger partial charge < -0.3 is 19.2 Å². The lowest BCUT2D eigenvalue weighted by Gasteiger charge is -2.33. The molecule has 1 fully saturated rings. The van der Waals surface area contributed by atoms with Crippen LogP contribution in [0.1, 0.15) is 28.3 Å². The molecule has 1 aromatic rings. The van der Waals surface area contributed by atoms with Gasteiger partial charge in [0.05, 0.1) is 20.2 Å². The molecule has 0 bridgehead atoms. The summed E-state index contributed by atoms with van der Waals surface area (Å²) < 4.78 is 15.3. The summed E-state index contributed by atoms with van der Waals surface area (Å²) in [6.07, 6.45) is 0.826. The highest BCUT2D eigenvalue weighted by molar-refractivity contribution is 5.87. The van der Waals surface area contributed by atoms with Crippen LogP contribution >= 0.6 is 0 Å². The van der Waals surface area contributed by atoms with Gasteiger partial charge in [-0.25, -0.2) is 4.79 Å². The van der Waals surface area contributed by atoms with Crippen molar-refractivity contribution in [2.75, 3.05) is 60.1 Å². The van der Waals surface area contributed by atoms with Gasteiger partial charge in [-0.2, -0.15) is 0 Å². The predicted molar refractivity (Wildman–Crippen MR) is 96.0 cm³/mol. The van der Waals surface area contributed by atoms with E-state index in [1.54, 1.807) is 7.11 Å². The van der Waals surface area contributed by atoms with E-state index in [9.17, 15) is 9.59 Å². The van der Waals surface area contributed by atoms with E-state index in [-0.39, 0.29) is 11.7 Å². The van der Waals surface area contributed by atoms with E-state index in [4.69, 9.17) is 13.9 Å². The van der Waals surface area contributed by atoms with Crippen molar-refractivity contribution in [2.24, 2.45) is 0 Å². The Hall–Kier alpha value is -1.90. The van der Waals surface area contributed by atoms with E-state index < -0.39 is 5.97 Å². The van der Waals surface area contributed by atoms with Crippen LogP contribution in [0.4, 0.5) is 0 Å². The number of esters is 1. The van der Waals surface area contributed by atoms with Crippen LogP contribution in [0.15, 0.2) is 10.5 Å². The lowest BCUT2D eigenvalue weighted by atomic mass is 10.2. The lowest BCUT2D eigenvalue weighted by Crippen LogP contribution is -2.49. The third kappa shape index (κ3) is 6.12. The number of piperazine rings is 1. The van der Waals surface area contributed by atoms with Crippen LogP contribution in [0, 0.1) is 6.92 Å². The second-order valence-electron chi connectivity index (χ2n) is 6.47. The average molecular weight is 367 g/mol. The van der Waals surface area contributed by atoms with Crippen molar-refractivity contribution in [1.29, 1.82) is 0 Å².